The van der Waals surface area contributed by atoms with Crippen LogP contribution >= 0.6 is 0 Å². The molecule has 1 aliphatic carbocycles. The predicted molar refractivity (Wildman–Crippen MR) is 121 cm³/mol. The number of hydrogen-bond donors (Lipinski definition) is 2. The van der Waals surface area contributed by atoms with Gasteiger partial charge in [0.05, 0.1) is 0 Å². The summed E-state index contributed by atoms with van der Waals surface area (Å²) in [5, 5.41) is 9.19. The van der Waals surface area contributed by atoms with Gasteiger partial charge in [0.2, 0.25) is 0 Å². The van der Waals surface area contributed by atoms with Gasteiger partial charge in [-0.1, -0.05) is 38.3 Å². The Morgan fingerprint density at radius 2 is 1.57 bits per heavy atom. The number of aryl methyl sites for hydroxylation is 1. The molecule has 154 valence electrons. The Morgan fingerprint density at radius 1 is 0.900 bits per heavy atom. The molecule has 0 heterocycles. The van der Waals surface area contributed by atoms with Crippen molar-refractivity contribution in [2.75, 3.05) is 27.2 Å². The summed E-state index contributed by atoms with van der Waals surface area (Å²) < 4.78 is 0. The topological polar surface area (TPSA) is 24.1 Å². The van der Waals surface area contributed by atoms with E-state index in [1.54, 1.807) is 0 Å². The average molecular weight is 550 g/mol. The molecule has 0 spiro atoms. The summed E-state index contributed by atoms with van der Waals surface area (Å²) in [6.07, 6.45) is 5.74. The molecule has 2 radical (unpaired) electrons. The Morgan fingerprint density at radius 3 is 2.30 bits per heavy atom. The second-order valence-corrected chi connectivity index (χ2v) is 7.59. The van der Waals surface area contributed by atoms with Crippen molar-refractivity contribution in [1.29, 1.82) is 0 Å². The first-order chi connectivity index (χ1) is 13.7. The quantitative estimate of drug-likeness (QED) is 0.417. The summed E-state index contributed by atoms with van der Waals surface area (Å²) in [5.74, 6) is 0.582. The molecular formula is C26H32N2Y2-2. The molecule has 3 aromatic rings. The zero-order valence-electron chi connectivity index (χ0n) is 18.8. The van der Waals surface area contributed by atoms with Crippen LogP contribution in [-0.4, -0.2) is 27.2 Å². The van der Waals surface area contributed by atoms with E-state index in [1.165, 1.54) is 45.0 Å². The number of nitrogens with one attached hydrogen (secondary N) is 2. The van der Waals surface area contributed by atoms with E-state index < -0.39 is 0 Å². The Bertz CT molecular complexity index is 943. The average Bonchev–Trinajstić information content (AvgIpc) is 3.20. The van der Waals surface area contributed by atoms with E-state index in [0.29, 0.717) is 5.92 Å². The van der Waals surface area contributed by atoms with E-state index in [1.807, 2.05) is 14.1 Å². The number of likely N-dealkylation sites (N-methyl/N-ethyl adjacent to an activating group) is 1. The molecule has 0 saturated carbocycles. The predicted octanol–water partition coefficient (Wildman–Crippen LogP) is 5.11. The summed E-state index contributed by atoms with van der Waals surface area (Å²) in [6.45, 7) is 6.50. The third kappa shape index (κ3) is 6.96. The van der Waals surface area contributed by atoms with Crippen LogP contribution in [-0.2, 0) is 71.8 Å². The number of benzene rings is 2. The van der Waals surface area contributed by atoms with Crippen LogP contribution in [0.25, 0.3) is 10.8 Å². The third-order valence-electron chi connectivity index (χ3n) is 5.63. The van der Waals surface area contributed by atoms with Gasteiger partial charge in [0.15, 0.2) is 0 Å². The van der Waals surface area contributed by atoms with E-state index in [2.05, 4.69) is 85.2 Å². The monoisotopic (exact) mass is 550 g/mol. The maximum atomic E-state index is 3.45. The Balaban J connectivity index is 0.000000281. The molecular weight excluding hydrogens is 518 g/mol. The fraction of sp³-hybridized carbons (Fsp3) is 0.346. The van der Waals surface area contributed by atoms with Crippen molar-refractivity contribution in [2.24, 2.45) is 0 Å². The molecule has 0 saturated heterocycles. The largest absolute Gasteiger partial charge is 0.320 e. The van der Waals surface area contributed by atoms with Gasteiger partial charge in [-0.3, -0.25) is 0 Å². The molecule has 0 bridgehead atoms. The van der Waals surface area contributed by atoms with Crippen molar-refractivity contribution in [3.8, 4) is 0 Å². The molecule has 3 aromatic carbocycles. The Labute approximate surface area is 232 Å². The molecule has 0 amide bonds. The molecule has 2 nitrogen and oxygen atoms in total. The van der Waals surface area contributed by atoms with Gasteiger partial charge in [-0.2, -0.15) is 17.7 Å². The number of rotatable bonds is 6. The van der Waals surface area contributed by atoms with E-state index >= 15 is 0 Å². The van der Waals surface area contributed by atoms with Crippen LogP contribution in [0.5, 0.6) is 0 Å². The first kappa shape index (κ1) is 28.0. The van der Waals surface area contributed by atoms with Crippen LogP contribution < -0.4 is 10.6 Å². The standard InChI is InChI=1S/2C13H16N.2Y/c2*1-10-9-11-5-3-4-6-13(11)12(10)7-8-14-2;;/h3-6,12,14H,7-8H2,1-2H3;3-6,9,14H,7-8H2,1-2H3;;/q2*-1;;. The summed E-state index contributed by atoms with van der Waals surface area (Å²) in [5.41, 5.74) is 7.02. The van der Waals surface area contributed by atoms with Crippen molar-refractivity contribution < 1.29 is 65.4 Å². The molecule has 1 unspecified atom stereocenters. The summed E-state index contributed by atoms with van der Waals surface area (Å²) in [7, 11) is 4.00. The molecule has 0 aliphatic heterocycles. The van der Waals surface area contributed by atoms with Crippen molar-refractivity contribution in [2.45, 2.75) is 32.6 Å². The molecule has 2 N–H and O–H groups in total. The zero-order valence-corrected chi connectivity index (χ0v) is 24.4. The summed E-state index contributed by atoms with van der Waals surface area (Å²) >= 11 is 0. The maximum absolute atomic E-state index is 3.45. The van der Waals surface area contributed by atoms with Crippen molar-refractivity contribution in [3.05, 3.63) is 88.5 Å². The van der Waals surface area contributed by atoms with Crippen molar-refractivity contribution in [3.63, 3.8) is 0 Å². The van der Waals surface area contributed by atoms with Gasteiger partial charge >= 0.3 is 0 Å². The summed E-state index contributed by atoms with van der Waals surface area (Å²) in [4.78, 5) is 0. The van der Waals surface area contributed by atoms with Gasteiger partial charge in [-0.15, -0.1) is 69.4 Å². The van der Waals surface area contributed by atoms with E-state index in [4.69, 9.17) is 0 Å². The molecule has 1 atom stereocenters. The second kappa shape index (κ2) is 14.1. The van der Waals surface area contributed by atoms with Crippen molar-refractivity contribution in [1.82, 2.24) is 10.6 Å². The van der Waals surface area contributed by atoms with Crippen molar-refractivity contribution >= 4 is 10.8 Å². The van der Waals surface area contributed by atoms with Crippen LogP contribution in [0.2, 0.25) is 0 Å². The van der Waals surface area contributed by atoms with Gasteiger partial charge in [0, 0.05) is 65.4 Å². The van der Waals surface area contributed by atoms with Crippen LogP contribution in [0.4, 0.5) is 0 Å². The van der Waals surface area contributed by atoms with Crippen LogP contribution in [0.1, 0.15) is 41.5 Å². The Hall–Kier alpha value is -0.0822. The third-order valence-corrected chi connectivity index (χ3v) is 5.63. The number of allylic oxidation sites excluding steroid dienone is 1. The first-order valence-corrected chi connectivity index (χ1v) is 10.3. The minimum absolute atomic E-state index is 0. The minimum Gasteiger partial charge on any atom is -0.320 e. The smallest absolute Gasteiger partial charge is 0 e. The van der Waals surface area contributed by atoms with E-state index in [9.17, 15) is 0 Å². The fourth-order valence-electron chi connectivity index (χ4n) is 4.12. The van der Waals surface area contributed by atoms with Crippen LogP contribution in [0.15, 0.2) is 60.2 Å². The van der Waals surface area contributed by atoms with Gasteiger partial charge < -0.3 is 10.6 Å². The second-order valence-electron chi connectivity index (χ2n) is 7.59. The molecule has 4 heteroatoms. The van der Waals surface area contributed by atoms with E-state index in [-0.39, 0.29) is 65.4 Å². The van der Waals surface area contributed by atoms with Gasteiger partial charge in [0.1, 0.15) is 0 Å². The molecule has 0 aromatic heterocycles. The molecule has 1 aliphatic rings. The minimum atomic E-state index is 0. The van der Waals surface area contributed by atoms with Crippen LogP contribution in [0, 0.1) is 13.0 Å². The van der Waals surface area contributed by atoms with E-state index in [0.717, 1.165) is 19.5 Å². The zero-order chi connectivity index (χ0) is 19.9. The molecule has 30 heavy (non-hydrogen) atoms. The molecule has 4 rings (SSSR count). The first-order valence-electron chi connectivity index (χ1n) is 10.3. The summed E-state index contributed by atoms with van der Waals surface area (Å²) in [6, 6.07) is 19.5. The normalized spacial score (nSPS) is 14.1. The van der Waals surface area contributed by atoms with Gasteiger partial charge in [-0.25, -0.2) is 0 Å². The van der Waals surface area contributed by atoms with Crippen LogP contribution in [0.3, 0.4) is 0 Å². The van der Waals surface area contributed by atoms with Gasteiger partial charge in [-0.05, 0) is 33.6 Å². The number of hydrogen-bond acceptors (Lipinski definition) is 2. The Kier molecular flexibility index (Phi) is 13.2. The number of fused-ring (bicyclic) bond motifs is 2. The fourth-order valence-corrected chi connectivity index (χ4v) is 4.12. The van der Waals surface area contributed by atoms with Gasteiger partial charge in [0.25, 0.3) is 0 Å². The maximum Gasteiger partial charge on any atom is 0 e. The molecule has 0 fully saturated rings. The SMILES string of the molecule is CNCCC1C(C)=[C-]c2ccccc21.CNCCc1c(C)[cH-]c2ccccc12.[Y].[Y].